The predicted molar refractivity (Wildman–Crippen MR) is 65.4 cm³/mol. The summed E-state index contributed by atoms with van der Waals surface area (Å²) in [4.78, 5) is 23.0. The third kappa shape index (κ3) is 2.82. The van der Waals surface area contributed by atoms with Gasteiger partial charge in [-0.1, -0.05) is 19.3 Å². The summed E-state index contributed by atoms with van der Waals surface area (Å²) in [6.07, 6.45) is 10.1. The highest BCUT2D eigenvalue weighted by atomic mass is 16.4. The van der Waals surface area contributed by atoms with Crippen LogP contribution in [-0.2, 0) is 0 Å². The van der Waals surface area contributed by atoms with E-state index in [0.29, 0.717) is 0 Å². The molecular formula is C12H17N3O3. The van der Waals surface area contributed by atoms with Gasteiger partial charge >= 0.3 is 12.1 Å². The molecule has 0 atom stereocenters. The summed E-state index contributed by atoms with van der Waals surface area (Å²) >= 11 is 0. The minimum absolute atomic E-state index is 0.154. The van der Waals surface area contributed by atoms with Crippen LogP contribution < -0.4 is 5.32 Å². The Bertz CT molecular complexity index is 386. The van der Waals surface area contributed by atoms with Crippen LogP contribution in [0.4, 0.5) is 9.59 Å². The molecule has 0 aromatic carbocycles. The molecule has 0 bridgehead atoms. The summed E-state index contributed by atoms with van der Waals surface area (Å²) in [5.41, 5.74) is 0. The van der Waals surface area contributed by atoms with E-state index in [2.05, 4.69) is 5.32 Å². The summed E-state index contributed by atoms with van der Waals surface area (Å²) in [7, 11) is 0. The van der Waals surface area contributed by atoms with Crippen molar-refractivity contribution in [1.82, 2.24) is 15.3 Å². The smallest absolute Gasteiger partial charge is 0.431 e. The molecule has 1 fully saturated rings. The maximum atomic E-state index is 12.0. The second-order valence-corrected chi connectivity index (χ2v) is 4.44. The number of nitrogens with one attached hydrogen (secondary N) is 1. The Hall–Kier alpha value is -1.98. The van der Waals surface area contributed by atoms with Crippen molar-refractivity contribution < 1.29 is 14.7 Å². The Morgan fingerprint density at radius 1 is 1.06 bits per heavy atom. The molecule has 1 aliphatic carbocycles. The molecular weight excluding hydrogens is 234 g/mol. The summed E-state index contributed by atoms with van der Waals surface area (Å²) in [5, 5.41) is 13.8. The first-order valence-electron chi connectivity index (χ1n) is 6.15. The lowest BCUT2D eigenvalue weighted by Gasteiger charge is -2.31. The topological polar surface area (TPSA) is 72.9 Å². The largest absolute Gasteiger partial charge is 0.463 e. The molecule has 0 saturated heterocycles. The molecule has 2 N–H and O–H groups in total. The molecule has 0 unspecified atom stereocenters. The molecule has 6 nitrogen and oxygen atoms in total. The van der Waals surface area contributed by atoms with Crippen LogP contribution in [0.3, 0.4) is 0 Å². The SMILES string of the molecule is O=C(O)N1C=CC=CN1C(=O)NC1CCCCC1. The number of rotatable bonds is 1. The number of urea groups is 1. The third-order valence-electron chi connectivity index (χ3n) is 3.13. The fourth-order valence-electron chi connectivity index (χ4n) is 2.22. The number of carbonyl (C=O) groups is 2. The van der Waals surface area contributed by atoms with Gasteiger partial charge in [-0.25, -0.2) is 14.6 Å². The molecule has 18 heavy (non-hydrogen) atoms. The van der Waals surface area contributed by atoms with E-state index < -0.39 is 12.1 Å². The first-order chi connectivity index (χ1) is 8.68. The van der Waals surface area contributed by atoms with Gasteiger partial charge in [-0.2, -0.15) is 5.01 Å². The van der Waals surface area contributed by atoms with Crippen molar-refractivity contribution in [2.24, 2.45) is 0 Å². The van der Waals surface area contributed by atoms with Gasteiger partial charge in [-0.05, 0) is 25.0 Å². The Labute approximate surface area is 106 Å². The number of allylic oxidation sites excluding steroid dienone is 2. The minimum Gasteiger partial charge on any atom is -0.463 e. The Morgan fingerprint density at radius 3 is 2.28 bits per heavy atom. The molecule has 0 spiro atoms. The van der Waals surface area contributed by atoms with E-state index in [1.807, 2.05) is 0 Å². The van der Waals surface area contributed by atoms with Gasteiger partial charge in [0.25, 0.3) is 0 Å². The summed E-state index contributed by atoms with van der Waals surface area (Å²) in [5.74, 6) is 0. The highest BCUT2D eigenvalue weighted by Crippen LogP contribution is 2.18. The van der Waals surface area contributed by atoms with Crippen LogP contribution in [0.25, 0.3) is 0 Å². The van der Waals surface area contributed by atoms with Crippen LogP contribution in [0.15, 0.2) is 24.6 Å². The van der Waals surface area contributed by atoms with Crippen molar-refractivity contribution in [3.63, 3.8) is 0 Å². The first-order valence-corrected chi connectivity index (χ1v) is 6.15. The molecule has 1 saturated carbocycles. The van der Waals surface area contributed by atoms with Gasteiger partial charge in [0.2, 0.25) is 0 Å². The van der Waals surface area contributed by atoms with Gasteiger partial charge < -0.3 is 10.4 Å². The number of hydrogen-bond acceptors (Lipinski definition) is 2. The Morgan fingerprint density at radius 2 is 1.67 bits per heavy atom. The van der Waals surface area contributed by atoms with E-state index in [9.17, 15) is 9.59 Å². The van der Waals surface area contributed by atoms with Crippen LogP contribution in [-0.4, -0.2) is 33.3 Å². The molecule has 1 aliphatic heterocycles. The van der Waals surface area contributed by atoms with Crippen molar-refractivity contribution in [2.45, 2.75) is 38.1 Å². The molecule has 2 aliphatic rings. The normalized spacial score (nSPS) is 20.0. The first kappa shape index (κ1) is 12.5. The molecule has 2 rings (SSSR count). The van der Waals surface area contributed by atoms with Gasteiger partial charge in [-0.3, -0.25) is 0 Å². The average Bonchev–Trinajstić information content (AvgIpc) is 2.40. The zero-order chi connectivity index (χ0) is 13.0. The van der Waals surface area contributed by atoms with E-state index >= 15 is 0 Å². The zero-order valence-corrected chi connectivity index (χ0v) is 10.1. The van der Waals surface area contributed by atoms with E-state index in [-0.39, 0.29) is 6.04 Å². The van der Waals surface area contributed by atoms with Gasteiger partial charge in [0.15, 0.2) is 0 Å². The van der Waals surface area contributed by atoms with Gasteiger partial charge in [0, 0.05) is 18.4 Å². The Kier molecular flexibility index (Phi) is 3.86. The second-order valence-electron chi connectivity index (χ2n) is 4.44. The second kappa shape index (κ2) is 5.57. The maximum Gasteiger partial charge on any atom is 0.431 e. The standard InChI is InChI=1S/C12H17N3O3/c16-11(13-10-6-2-1-3-7-10)14-8-4-5-9-15(14)12(17)18/h4-5,8-10H,1-3,6-7H2,(H,13,16)(H,17,18). The summed E-state index contributed by atoms with van der Waals surface area (Å²) in [6.45, 7) is 0. The minimum atomic E-state index is -1.19. The number of hydrogen-bond donors (Lipinski definition) is 2. The van der Waals surface area contributed by atoms with Crippen molar-refractivity contribution >= 4 is 12.1 Å². The Balaban J connectivity index is 1.96. The van der Waals surface area contributed by atoms with E-state index in [0.717, 1.165) is 35.7 Å². The lowest BCUT2D eigenvalue weighted by Crippen LogP contribution is -2.51. The molecule has 3 amide bonds. The van der Waals surface area contributed by atoms with Crippen LogP contribution in [0.2, 0.25) is 0 Å². The quantitative estimate of drug-likeness (QED) is 0.750. The number of carbonyl (C=O) groups excluding carboxylic acids is 1. The molecule has 1 heterocycles. The van der Waals surface area contributed by atoms with Gasteiger partial charge in [0.05, 0.1) is 0 Å². The van der Waals surface area contributed by atoms with Crippen LogP contribution in [0, 0.1) is 0 Å². The molecule has 0 aromatic heterocycles. The zero-order valence-electron chi connectivity index (χ0n) is 10.1. The van der Waals surface area contributed by atoms with E-state index in [4.69, 9.17) is 5.11 Å². The van der Waals surface area contributed by atoms with Crippen LogP contribution in [0.1, 0.15) is 32.1 Å². The molecule has 0 radical (unpaired) electrons. The third-order valence-corrected chi connectivity index (χ3v) is 3.13. The highest BCUT2D eigenvalue weighted by Gasteiger charge is 2.25. The van der Waals surface area contributed by atoms with E-state index in [1.54, 1.807) is 12.2 Å². The van der Waals surface area contributed by atoms with Gasteiger partial charge in [0.1, 0.15) is 0 Å². The fraction of sp³-hybridized carbons (Fsp3) is 0.500. The van der Waals surface area contributed by atoms with E-state index in [1.165, 1.54) is 18.8 Å². The summed E-state index contributed by atoms with van der Waals surface area (Å²) < 4.78 is 0. The van der Waals surface area contributed by atoms with Gasteiger partial charge in [-0.15, -0.1) is 0 Å². The number of amides is 3. The number of carboxylic acid groups (broad SMARTS) is 1. The van der Waals surface area contributed by atoms with Crippen LogP contribution in [0.5, 0.6) is 0 Å². The lowest BCUT2D eigenvalue weighted by atomic mass is 9.96. The average molecular weight is 251 g/mol. The van der Waals surface area contributed by atoms with Crippen molar-refractivity contribution in [2.75, 3.05) is 0 Å². The number of nitrogens with zero attached hydrogens (tertiary/aromatic N) is 2. The van der Waals surface area contributed by atoms with Crippen molar-refractivity contribution in [3.8, 4) is 0 Å². The van der Waals surface area contributed by atoms with Crippen molar-refractivity contribution in [3.05, 3.63) is 24.6 Å². The fourth-order valence-corrected chi connectivity index (χ4v) is 2.22. The molecule has 0 aromatic rings. The number of hydrazine groups is 1. The molecule has 98 valence electrons. The van der Waals surface area contributed by atoms with Crippen molar-refractivity contribution in [1.29, 1.82) is 0 Å². The van der Waals surface area contributed by atoms with Crippen LogP contribution >= 0.6 is 0 Å². The maximum absolute atomic E-state index is 12.0. The summed E-state index contributed by atoms with van der Waals surface area (Å²) in [6, 6.07) is -0.244. The predicted octanol–water partition coefficient (Wildman–Crippen LogP) is 2.27. The highest BCUT2D eigenvalue weighted by molar-refractivity contribution is 5.79. The molecule has 6 heteroatoms. The lowest BCUT2D eigenvalue weighted by molar-refractivity contribution is 0.0812. The monoisotopic (exact) mass is 251 g/mol.